The summed E-state index contributed by atoms with van der Waals surface area (Å²) in [5.74, 6) is 1.09. The molecule has 0 fully saturated rings. The molecule has 0 aliphatic carbocycles. The van der Waals surface area contributed by atoms with Gasteiger partial charge in [-0.1, -0.05) is 12.1 Å². The van der Waals surface area contributed by atoms with E-state index >= 15 is 0 Å². The van der Waals surface area contributed by atoms with E-state index in [0.717, 1.165) is 17.7 Å². The van der Waals surface area contributed by atoms with Crippen LogP contribution in [0.4, 0.5) is 4.39 Å². The summed E-state index contributed by atoms with van der Waals surface area (Å²) in [4.78, 5) is 0. The van der Waals surface area contributed by atoms with E-state index in [1.165, 1.54) is 12.1 Å². The topological polar surface area (TPSA) is 35.2 Å². The van der Waals surface area contributed by atoms with Crippen LogP contribution in [-0.4, -0.2) is 6.04 Å². The Kier molecular flexibility index (Phi) is 5.80. The highest BCUT2D eigenvalue weighted by Crippen LogP contribution is 2.22. The van der Waals surface area contributed by atoms with Gasteiger partial charge < -0.3 is 10.5 Å². The van der Waals surface area contributed by atoms with Crippen molar-refractivity contribution in [3.8, 4) is 11.5 Å². The standard InChI is InChI=1S/C15H16FNO.ClH/c1-11(17)9-12-3-2-4-15(10-12)18-14-7-5-13(16)6-8-14;/h2-8,10-11H,9,17H2,1H3;1H. The van der Waals surface area contributed by atoms with Gasteiger partial charge >= 0.3 is 0 Å². The number of rotatable bonds is 4. The zero-order valence-electron chi connectivity index (χ0n) is 10.7. The molecule has 102 valence electrons. The SMILES string of the molecule is CC(N)Cc1cccc(Oc2ccc(F)cc2)c1.Cl. The minimum absolute atomic E-state index is 0. The van der Waals surface area contributed by atoms with Crippen LogP contribution in [0, 0.1) is 5.82 Å². The quantitative estimate of drug-likeness (QED) is 0.921. The van der Waals surface area contributed by atoms with Crippen molar-refractivity contribution in [2.24, 2.45) is 5.73 Å². The monoisotopic (exact) mass is 281 g/mol. The third kappa shape index (κ3) is 4.89. The van der Waals surface area contributed by atoms with E-state index in [1.54, 1.807) is 12.1 Å². The lowest BCUT2D eigenvalue weighted by Gasteiger charge is -2.09. The van der Waals surface area contributed by atoms with E-state index < -0.39 is 0 Å². The van der Waals surface area contributed by atoms with E-state index in [2.05, 4.69) is 0 Å². The Hall–Kier alpha value is -1.58. The van der Waals surface area contributed by atoms with Crippen molar-refractivity contribution in [2.75, 3.05) is 0 Å². The number of hydrogen-bond acceptors (Lipinski definition) is 2. The van der Waals surface area contributed by atoms with Crippen molar-refractivity contribution >= 4 is 12.4 Å². The molecular weight excluding hydrogens is 265 g/mol. The smallest absolute Gasteiger partial charge is 0.127 e. The number of hydrogen-bond donors (Lipinski definition) is 1. The minimum Gasteiger partial charge on any atom is -0.457 e. The molecular formula is C15H17ClFNO. The molecule has 0 spiro atoms. The predicted molar refractivity (Wildman–Crippen MR) is 77.5 cm³/mol. The molecule has 4 heteroatoms. The third-order valence-electron chi connectivity index (χ3n) is 2.51. The second kappa shape index (κ2) is 7.12. The van der Waals surface area contributed by atoms with Gasteiger partial charge in [0, 0.05) is 6.04 Å². The van der Waals surface area contributed by atoms with Crippen LogP contribution in [0.1, 0.15) is 12.5 Å². The lowest BCUT2D eigenvalue weighted by Crippen LogP contribution is -2.17. The molecule has 0 aromatic heterocycles. The van der Waals surface area contributed by atoms with Gasteiger partial charge in [-0.25, -0.2) is 4.39 Å². The second-order valence-corrected chi connectivity index (χ2v) is 4.38. The van der Waals surface area contributed by atoms with Gasteiger partial charge in [-0.05, 0) is 55.3 Å². The maximum Gasteiger partial charge on any atom is 0.127 e. The van der Waals surface area contributed by atoms with Crippen LogP contribution in [0.25, 0.3) is 0 Å². The summed E-state index contributed by atoms with van der Waals surface area (Å²) in [6.07, 6.45) is 0.806. The fraction of sp³-hybridized carbons (Fsp3) is 0.200. The fourth-order valence-corrected chi connectivity index (χ4v) is 1.75. The molecule has 1 atom stereocenters. The van der Waals surface area contributed by atoms with Gasteiger partial charge in [-0.15, -0.1) is 12.4 Å². The predicted octanol–water partition coefficient (Wildman–Crippen LogP) is 3.93. The molecule has 0 aliphatic rings. The molecule has 2 rings (SSSR count). The summed E-state index contributed by atoms with van der Waals surface area (Å²) in [5.41, 5.74) is 6.89. The van der Waals surface area contributed by atoms with Gasteiger partial charge in [-0.3, -0.25) is 0 Å². The van der Waals surface area contributed by atoms with Crippen LogP contribution >= 0.6 is 12.4 Å². The van der Waals surface area contributed by atoms with E-state index in [0.29, 0.717) is 5.75 Å². The van der Waals surface area contributed by atoms with Gasteiger partial charge in [0.15, 0.2) is 0 Å². The van der Waals surface area contributed by atoms with E-state index in [4.69, 9.17) is 10.5 Å². The van der Waals surface area contributed by atoms with Gasteiger partial charge in [0.25, 0.3) is 0 Å². The Bertz CT molecular complexity index is 514. The number of halogens is 2. The van der Waals surface area contributed by atoms with Crippen LogP contribution in [0.15, 0.2) is 48.5 Å². The zero-order valence-corrected chi connectivity index (χ0v) is 11.5. The molecule has 0 aliphatic heterocycles. The Morgan fingerprint density at radius 2 is 1.79 bits per heavy atom. The van der Waals surface area contributed by atoms with Gasteiger partial charge in [0.2, 0.25) is 0 Å². The summed E-state index contributed by atoms with van der Waals surface area (Å²) in [6.45, 7) is 1.97. The Labute approximate surface area is 118 Å². The van der Waals surface area contributed by atoms with E-state index in [1.807, 2.05) is 31.2 Å². The maximum atomic E-state index is 12.8. The van der Waals surface area contributed by atoms with Gasteiger partial charge in [-0.2, -0.15) is 0 Å². The normalized spacial score (nSPS) is 11.5. The summed E-state index contributed by atoms with van der Waals surface area (Å²) < 4.78 is 18.4. The Morgan fingerprint density at radius 1 is 1.11 bits per heavy atom. The average Bonchev–Trinajstić information content (AvgIpc) is 2.32. The van der Waals surface area contributed by atoms with Gasteiger partial charge in [0.05, 0.1) is 0 Å². The first-order valence-electron chi connectivity index (χ1n) is 5.91. The third-order valence-corrected chi connectivity index (χ3v) is 2.51. The molecule has 0 saturated heterocycles. The lowest BCUT2D eigenvalue weighted by atomic mass is 10.1. The van der Waals surface area contributed by atoms with Crippen molar-refractivity contribution < 1.29 is 9.13 Å². The molecule has 0 bridgehead atoms. The van der Waals surface area contributed by atoms with Crippen LogP contribution < -0.4 is 10.5 Å². The highest BCUT2D eigenvalue weighted by Gasteiger charge is 2.01. The first kappa shape index (κ1) is 15.5. The molecule has 0 amide bonds. The second-order valence-electron chi connectivity index (χ2n) is 4.38. The molecule has 2 aromatic carbocycles. The summed E-state index contributed by atoms with van der Waals surface area (Å²) in [5, 5.41) is 0. The number of ether oxygens (including phenoxy) is 1. The van der Waals surface area contributed by atoms with E-state index in [9.17, 15) is 4.39 Å². The molecule has 19 heavy (non-hydrogen) atoms. The number of benzene rings is 2. The van der Waals surface area contributed by atoms with Crippen LogP contribution in [0.3, 0.4) is 0 Å². The highest BCUT2D eigenvalue weighted by atomic mass is 35.5. The molecule has 0 radical (unpaired) electrons. The molecule has 2 aromatic rings. The summed E-state index contributed by atoms with van der Waals surface area (Å²) in [7, 11) is 0. The van der Waals surface area contributed by atoms with Crippen molar-refractivity contribution in [1.29, 1.82) is 0 Å². The molecule has 0 heterocycles. The molecule has 1 unspecified atom stereocenters. The first-order valence-corrected chi connectivity index (χ1v) is 5.91. The zero-order chi connectivity index (χ0) is 13.0. The Morgan fingerprint density at radius 3 is 2.42 bits per heavy atom. The van der Waals surface area contributed by atoms with Gasteiger partial charge in [0.1, 0.15) is 17.3 Å². The fourth-order valence-electron chi connectivity index (χ4n) is 1.75. The van der Waals surface area contributed by atoms with Crippen LogP contribution in [-0.2, 0) is 6.42 Å². The summed E-state index contributed by atoms with van der Waals surface area (Å²) in [6, 6.07) is 13.8. The molecule has 0 saturated carbocycles. The minimum atomic E-state index is -0.270. The molecule has 2 nitrogen and oxygen atoms in total. The van der Waals surface area contributed by atoms with Crippen molar-refractivity contribution in [1.82, 2.24) is 0 Å². The Balaban J connectivity index is 0.00000180. The lowest BCUT2D eigenvalue weighted by molar-refractivity contribution is 0.479. The highest BCUT2D eigenvalue weighted by molar-refractivity contribution is 5.85. The first-order chi connectivity index (χ1) is 8.63. The largest absolute Gasteiger partial charge is 0.457 e. The van der Waals surface area contributed by atoms with Crippen LogP contribution in [0.2, 0.25) is 0 Å². The van der Waals surface area contributed by atoms with Crippen molar-refractivity contribution in [3.63, 3.8) is 0 Å². The summed E-state index contributed by atoms with van der Waals surface area (Å²) >= 11 is 0. The van der Waals surface area contributed by atoms with Crippen LogP contribution in [0.5, 0.6) is 11.5 Å². The average molecular weight is 282 g/mol. The van der Waals surface area contributed by atoms with E-state index in [-0.39, 0.29) is 24.3 Å². The van der Waals surface area contributed by atoms with Crippen molar-refractivity contribution in [3.05, 3.63) is 59.9 Å². The van der Waals surface area contributed by atoms with Crippen molar-refractivity contribution in [2.45, 2.75) is 19.4 Å². The molecule has 2 N–H and O–H groups in total. The number of nitrogens with two attached hydrogens (primary N) is 1. The maximum absolute atomic E-state index is 12.8.